The third-order valence-electron chi connectivity index (χ3n) is 5.35. The number of likely N-dealkylation sites (N-methyl/N-ethyl adjacent to an activating group) is 1. The Labute approximate surface area is 186 Å². The predicted molar refractivity (Wildman–Crippen MR) is 117 cm³/mol. The average molecular weight is 441 g/mol. The van der Waals surface area contributed by atoms with Gasteiger partial charge in [-0.2, -0.15) is 0 Å². The van der Waals surface area contributed by atoms with Crippen LogP contribution in [0.4, 0.5) is 0 Å². The number of methoxy groups -OCH3 is 3. The van der Waals surface area contributed by atoms with Crippen LogP contribution in [-0.2, 0) is 25.5 Å². The zero-order valence-corrected chi connectivity index (χ0v) is 18.5. The lowest BCUT2D eigenvalue weighted by atomic mass is 9.94. The summed E-state index contributed by atoms with van der Waals surface area (Å²) in [6.07, 6.45) is 0.199. The van der Waals surface area contributed by atoms with E-state index in [4.69, 9.17) is 14.2 Å². The van der Waals surface area contributed by atoms with Crippen molar-refractivity contribution < 1.29 is 28.6 Å². The summed E-state index contributed by atoms with van der Waals surface area (Å²) in [5.74, 6) is -0.262. The molecule has 0 fully saturated rings. The Bertz CT molecular complexity index is 1020. The quantitative estimate of drug-likeness (QED) is 0.606. The molecule has 0 saturated heterocycles. The van der Waals surface area contributed by atoms with Crippen LogP contribution in [0.25, 0.3) is 11.1 Å². The summed E-state index contributed by atoms with van der Waals surface area (Å²) in [7, 11) is 6.05. The molecular weight excluding hydrogens is 414 g/mol. The lowest BCUT2D eigenvalue weighted by Crippen LogP contribution is -2.48. The van der Waals surface area contributed by atoms with Crippen molar-refractivity contribution in [3.8, 4) is 22.6 Å². The summed E-state index contributed by atoms with van der Waals surface area (Å²) >= 11 is 0. The normalized spacial score (nSPS) is 18.6. The number of ether oxygens (including phenoxy) is 3. The molecule has 1 aliphatic rings. The molecule has 9 nitrogen and oxygen atoms in total. The van der Waals surface area contributed by atoms with Crippen molar-refractivity contribution in [2.24, 2.45) is 0 Å². The maximum Gasteiger partial charge on any atom is 0.328 e. The monoisotopic (exact) mass is 441 g/mol. The topological polar surface area (TPSA) is 115 Å². The Balaban J connectivity index is 2.21. The van der Waals surface area contributed by atoms with Crippen molar-refractivity contribution in [2.75, 3.05) is 34.9 Å². The van der Waals surface area contributed by atoms with E-state index in [1.807, 2.05) is 18.2 Å². The lowest BCUT2D eigenvalue weighted by Gasteiger charge is -2.22. The number of hydrogen-bond donors (Lipinski definition) is 3. The zero-order valence-electron chi connectivity index (χ0n) is 18.5. The Hall–Kier alpha value is -3.59. The molecule has 170 valence electrons. The van der Waals surface area contributed by atoms with Gasteiger partial charge in [-0.25, -0.2) is 4.79 Å². The fourth-order valence-corrected chi connectivity index (χ4v) is 3.74. The first-order valence-corrected chi connectivity index (χ1v) is 10.1. The van der Waals surface area contributed by atoms with Crippen molar-refractivity contribution in [1.29, 1.82) is 0 Å². The molecule has 0 aliphatic carbocycles. The molecule has 9 heteroatoms. The van der Waals surface area contributed by atoms with Gasteiger partial charge in [0.15, 0.2) is 0 Å². The fourth-order valence-electron chi connectivity index (χ4n) is 3.74. The van der Waals surface area contributed by atoms with Crippen molar-refractivity contribution in [3.63, 3.8) is 0 Å². The van der Waals surface area contributed by atoms with E-state index in [9.17, 15) is 14.4 Å². The van der Waals surface area contributed by atoms with E-state index in [0.29, 0.717) is 17.1 Å². The zero-order chi connectivity index (χ0) is 23.3. The molecule has 0 radical (unpaired) electrons. The van der Waals surface area contributed by atoms with E-state index in [1.54, 1.807) is 39.5 Å². The van der Waals surface area contributed by atoms with Crippen molar-refractivity contribution >= 4 is 17.8 Å². The smallest absolute Gasteiger partial charge is 0.328 e. The molecule has 0 aromatic heterocycles. The highest BCUT2D eigenvalue weighted by atomic mass is 16.5. The van der Waals surface area contributed by atoms with Crippen LogP contribution in [0.3, 0.4) is 0 Å². The second-order valence-electron chi connectivity index (χ2n) is 7.28. The minimum absolute atomic E-state index is 0.199. The van der Waals surface area contributed by atoms with Crippen LogP contribution in [-0.4, -0.2) is 58.7 Å². The van der Waals surface area contributed by atoms with Gasteiger partial charge in [-0.15, -0.1) is 0 Å². The van der Waals surface area contributed by atoms with Crippen LogP contribution in [0.15, 0.2) is 36.4 Å². The van der Waals surface area contributed by atoms with Crippen molar-refractivity contribution in [2.45, 2.75) is 18.5 Å². The molecule has 0 saturated carbocycles. The van der Waals surface area contributed by atoms with E-state index in [1.165, 1.54) is 7.11 Å². The van der Waals surface area contributed by atoms with E-state index in [2.05, 4.69) is 16.0 Å². The molecule has 1 aliphatic heterocycles. The predicted octanol–water partition coefficient (Wildman–Crippen LogP) is 0.961. The van der Waals surface area contributed by atoms with E-state index < -0.39 is 24.0 Å². The van der Waals surface area contributed by atoms with Crippen LogP contribution in [0, 0.1) is 0 Å². The average Bonchev–Trinajstić information content (AvgIpc) is 2.81. The second kappa shape index (κ2) is 10.1. The Morgan fingerprint density at radius 3 is 2.28 bits per heavy atom. The molecular formula is C23H27N3O6. The SMILES string of the molecule is CN[C@@H]1C(=O)NCC(=O)N[C@H](C(=O)OC)Cc2ccc(OC)c(c2)-c2cc1ccc2OC. The van der Waals surface area contributed by atoms with Gasteiger partial charge in [0.1, 0.15) is 23.6 Å². The molecule has 3 N–H and O–H groups in total. The fraction of sp³-hybridized carbons (Fsp3) is 0.348. The first kappa shape index (κ1) is 23.1. The van der Waals surface area contributed by atoms with Gasteiger partial charge in [-0.3, -0.25) is 9.59 Å². The summed E-state index contributed by atoms with van der Waals surface area (Å²) in [6.45, 7) is -0.276. The van der Waals surface area contributed by atoms with E-state index in [-0.39, 0.29) is 18.9 Å². The van der Waals surface area contributed by atoms with Crippen LogP contribution < -0.4 is 25.4 Å². The summed E-state index contributed by atoms with van der Waals surface area (Å²) in [5.41, 5.74) is 2.94. The molecule has 4 bridgehead atoms. The number of hydrogen-bond acceptors (Lipinski definition) is 7. The Kier molecular flexibility index (Phi) is 7.32. The van der Waals surface area contributed by atoms with Gasteiger partial charge in [-0.05, 0) is 42.4 Å². The highest BCUT2D eigenvalue weighted by molar-refractivity contribution is 5.91. The molecule has 1 heterocycles. The van der Waals surface area contributed by atoms with Crippen molar-refractivity contribution in [1.82, 2.24) is 16.0 Å². The molecule has 0 spiro atoms. The van der Waals surface area contributed by atoms with Crippen LogP contribution >= 0.6 is 0 Å². The van der Waals surface area contributed by atoms with Crippen LogP contribution in [0.2, 0.25) is 0 Å². The minimum atomic E-state index is -0.915. The first-order chi connectivity index (χ1) is 15.4. The number of benzene rings is 2. The maximum atomic E-state index is 12.8. The van der Waals surface area contributed by atoms with Gasteiger partial charge < -0.3 is 30.2 Å². The first-order valence-electron chi connectivity index (χ1n) is 10.1. The second-order valence-corrected chi connectivity index (χ2v) is 7.28. The van der Waals surface area contributed by atoms with E-state index in [0.717, 1.165) is 16.7 Å². The number of rotatable bonds is 4. The molecule has 2 aromatic carbocycles. The highest BCUT2D eigenvalue weighted by Crippen LogP contribution is 2.39. The Morgan fingerprint density at radius 2 is 1.66 bits per heavy atom. The lowest BCUT2D eigenvalue weighted by molar-refractivity contribution is -0.145. The van der Waals surface area contributed by atoms with E-state index >= 15 is 0 Å². The summed E-state index contributed by atoms with van der Waals surface area (Å²) in [6, 6.07) is 9.30. The molecule has 3 rings (SSSR count). The number of carbonyl (C=O) groups excluding carboxylic acids is 3. The van der Waals surface area contributed by atoms with Crippen LogP contribution in [0.1, 0.15) is 17.2 Å². The number of esters is 1. The number of carbonyl (C=O) groups is 3. The molecule has 2 amide bonds. The summed E-state index contributed by atoms with van der Waals surface area (Å²) < 4.78 is 16.0. The largest absolute Gasteiger partial charge is 0.496 e. The van der Waals surface area contributed by atoms with Gasteiger partial charge in [0.05, 0.1) is 27.9 Å². The minimum Gasteiger partial charge on any atom is -0.496 e. The van der Waals surface area contributed by atoms with Crippen LogP contribution in [0.5, 0.6) is 11.5 Å². The van der Waals surface area contributed by atoms with Gasteiger partial charge in [-0.1, -0.05) is 12.1 Å². The number of nitrogens with one attached hydrogen (secondary N) is 3. The molecule has 2 aromatic rings. The van der Waals surface area contributed by atoms with Crippen molar-refractivity contribution in [3.05, 3.63) is 47.5 Å². The highest BCUT2D eigenvalue weighted by Gasteiger charge is 2.26. The van der Waals surface area contributed by atoms with Gasteiger partial charge >= 0.3 is 5.97 Å². The summed E-state index contributed by atoms with van der Waals surface area (Å²) in [4.78, 5) is 37.5. The molecule has 2 atom stereocenters. The summed E-state index contributed by atoms with van der Waals surface area (Å²) in [5, 5.41) is 8.22. The van der Waals surface area contributed by atoms with Gasteiger partial charge in [0, 0.05) is 17.5 Å². The van der Waals surface area contributed by atoms with Gasteiger partial charge in [0.25, 0.3) is 0 Å². The number of amides is 2. The third kappa shape index (κ3) is 4.83. The number of fused-ring (bicyclic) bond motifs is 5. The van der Waals surface area contributed by atoms with Gasteiger partial charge in [0.2, 0.25) is 11.8 Å². The molecule has 0 unspecified atom stereocenters. The maximum absolute atomic E-state index is 12.8. The third-order valence-corrected chi connectivity index (χ3v) is 5.35. The Morgan fingerprint density at radius 1 is 1.00 bits per heavy atom. The standard InChI is InChI=1S/C23H27N3O6/c1-24-21-14-6-8-19(31-3)16(11-14)15-9-13(5-7-18(15)30-2)10-17(23(29)32-4)26-20(27)12-25-22(21)28/h5-9,11,17,21,24H,10,12H2,1-4H3,(H,25,28)(H,26,27)/t17-,21-/m0/s1. The molecule has 32 heavy (non-hydrogen) atoms.